The largest absolute Gasteiger partial charge is 0.455 e. The van der Waals surface area contributed by atoms with Crippen molar-refractivity contribution in [3.8, 4) is 0 Å². The van der Waals surface area contributed by atoms with Crippen LogP contribution in [0.15, 0.2) is 29.2 Å². The van der Waals surface area contributed by atoms with Gasteiger partial charge < -0.3 is 9.64 Å². The number of hydrogen-bond acceptors (Lipinski definition) is 5. The molecule has 160 valence electrons. The van der Waals surface area contributed by atoms with Gasteiger partial charge in [0.2, 0.25) is 10.0 Å². The topological polar surface area (TPSA) is 84.0 Å². The first-order chi connectivity index (χ1) is 13.8. The number of carbonyl (C=O) groups excluding carboxylic acids is 2. The van der Waals surface area contributed by atoms with Crippen LogP contribution in [0.1, 0.15) is 32.6 Å². The van der Waals surface area contributed by atoms with Gasteiger partial charge in [0.05, 0.1) is 10.8 Å². The van der Waals surface area contributed by atoms with E-state index in [4.69, 9.17) is 4.74 Å². The van der Waals surface area contributed by atoms with E-state index in [-0.39, 0.29) is 30.5 Å². The number of hydrogen-bond donors (Lipinski definition) is 0. The van der Waals surface area contributed by atoms with E-state index in [1.807, 2.05) is 0 Å². The molecule has 2 saturated heterocycles. The van der Waals surface area contributed by atoms with Crippen LogP contribution in [0.4, 0.5) is 4.39 Å². The zero-order valence-corrected chi connectivity index (χ0v) is 17.4. The van der Waals surface area contributed by atoms with Gasteiger partial charge in [-0.2, -0.15) is 4.31 Å². The maximum absolute atomic E-state index is 13.0. The fraction of sp³-hybridized carbons (Fsp3) is 0.600. The molecule has 2 heterocycles. The van der Waals surface area contributed by atoms with Crippen LogP contribution in [0.2, 0.25) is 0 Å². The Labute approximate surface area is 170 Å². The molecule has 1 atom stereocenters. The Morgan fingerprint density at radius 1 is 1.10 bits per heavy atom. The molecule has 9 heteroatoms. The lowest BCUT2D eigenvalue weighted by atomic mass is 9.98. The van der Waals surface area contributed by atoms with Crippen LogP contribution in [0.25, 0.3) is 0 Å². The molecule has 3 rings (SSSR count). The molecule has 0 N–H and O–H groups in total. The van der Waals surface area contributed by atoms with Gasteiger partial charge in [0, 0.05) is 26.2 Å². The number of rotatable bonds is 5. The molecule has 7 nitrogen and oxygen atoms in total. The molecule has 29 heavy (non-hydrogen) atoms. The van der Waals surface area contributed by atoms with Crippen LogP contribution in [0, 0.1) is 17.7 Å². The lowest BCUT2D eigenvalue weighted by Crippen LogP contribution is -2.43. The lowest BCUT2D eigenvalue weighted by Gasteiger charge is -2.32. The van der Waals surface area contributed by atoms with Gasteiger partial charge in [-0.1, -0.05) is 6.92 Å². The molecule has 0 bridgehead atoms. The highest BCUT2D eigenvalue weighted by Crippen LogP contribution is 2.25. The van der Waals surface area contributed by atoms with E-state index in [1.54, 1.807) is 4.90 Å². The molecule has 2 aliphatic rings. The van der Waals surface area contributed by atoms with Crippen molar-refractivity contribution in [1.29, 1.82) is 0 Å². The Bertz CT molecular complexity index is 835. The number of halogens is 1. The Kier molecular flexibility index (Phi) is 6.89. The molecule has 0 aromatic heterocycles. The summed E-state index contributed by atoms with van der Waals surface area (Å²) in [5.41, 5.74) is 0. The van der Waals surface area contributed by atoms with Crippen LogP contribution in [0.5, 0.6) is 0 Å². The zero-order chi connectivity index (χ0) is 21.0. The number of esters is 1. The van der Waals surface area contributed by atoms with Gasteiger partial charge in [-0.25, -0.2) is 12.8 Å². The predicted octanol–water partition coefficient (Wildman–Crippen LogP) is 2.03. The van der Waals surface area contributed by atoms with Crippen molar-refractivity contribution in [2.24, 2.45) is 11.8 Å². The van der Waals surface area contributed by atoms with E-state index in [0.717, 1.165) is 25.0 Å². The third-order valence-corrected chi connectivity index (χ3v) is 7.50. The SMILES string of the molecule is CC1CCCN(C(=O)COC(=O)C2CCN(S(=O)(=O)c3ccc(F)cc3)CC2)C1. The van der Waals surface area contributed by atoms with Gasteiger partial charge in [-0.05, 0) is 55.9 Å². The number of benzene rings is 1. The highest BCUT2D eigenvalue weighted by atomic mass is 32.2. The molecule has 1 aromatic rings. The molecule has 1 aromatic carbocycles. The Morgan fingerprint density at radius 2 is 1.76 bits per heavy atom. The minimum Gasteiger partial charge on any atom is -0.455 e. The highest BCUT2D eigenvalue weighted by Gasteiger charge is 2.33. The summed E-state index contributed by atoms with van der Waals surface area (Å²) in [7, 11) is -3.72. The first kappa shape index (κ1) is 21.7. The Balaban J connectivity index is 1.48. The summed E-state index contributed by atoms with van der Waals surface area (Å²) < 4.78 is 44.8. The van der Waals surface area contributed by atoms with Crippen LogP contribution in [0.3, 0.4) is 0 Å². The molecule has 1 amide bonds. The fourth-order valence-corrected chi connectivity index (χ4v) is 5.32. The summed E-state index contributed by atoms with van der Waals surface area (Å²) in [5, 5.41) is 0. The quantitative estimate of drug-likeness (QED) is 0.673. The molecule has 1 unspecified atom stereocenters. The second-order valence-corrected chi connectivity index (χ2v) is 9.77. The number of likely N-dealkylation sites (tertiary alicyclic amines) is 1. The molecule has 0 spiro atoms. The number of amides is 1. The monoisotopic (exact) mass is 426 g/mol. The van der Waals surface area contributed by atoms with E-state index >= 15 is 0 Å². The normalized spacial score (nSPS) is 21.7. The second-order valence-electron chi connectivity index (χ2n) is 7.83. The van der Waals surface area contributed by atoms with Crippen LogP contribution < -0.4 is 0 Å². The van der Waals surface area contributed by atoms with E-state index in [9.17, 15) is 22.4 Å². The first-order valence-corrected chi connectivity index (χ1v) is 11.4. The maximum atomic E-state index is 13.0. The Hall–Kier alpha value is -2.00. The summed E-state index contributed by atoms with van der Waals surface area (Å²) in [6.07, 6.45) is 2.72. The minimum absolute atomic E-state index is 0.0290. The van der Waals surface area contributed by atoms with Crippen molar-refractivity contribution in [1.82, 2.24) is 9.21 Å². The van der Waals surface area contributed by atoms with E-state index in [1.165, 1.54) is 16.4 Å². The van der Waals surface area contributed by atoms with Crippen molar-refractivity contribution in [2.75, 3.05) is 32.8 Å². The number of nitrogens with zero attached hydrogens (tertiary/aromatic N) is 2. The second kappa shape index (κ2) is 9.21. The fourth-order valence-electron chi connectivity index (χ4n) is 3.85. The molecule has 0 radical (unpaired) electrons. The summed E-state index contributed by atoms with van der Waals surface area (Å²) in [6, 6.07) is 4.68. The lowest BCUT2D eigenvalue weighted by molar-refractivity contribution is -0.157. The predicted molar refractivity (Wildman–Crippen MR) is 104 cm³/mol. The molecule has 2 aliphatic heterocycles. The number of ether oxygens (including phenoxy) is 1. The molecule has 0 aliphatic carbocycles. The van der Waals surface area contributed by atoms with Crippen molar-refractivity contribution in [2.45, 2.75) is 37.5 Å². The van der Waals surface area contributed by atoms with Crippen molar-refractivity contribution < 1.29 is 27.1 Å². The minimum atomic E-state index is -3.72. The van der Waals surface area contributed by atoms with Crippen LogP contribution >= 0.6 is 0 Å². The summed E-state index contributed by atoms with van der Waals surface area (Å²) in [5.74, 6) is -1.11. The average molecular weight is 427 g/mol. The smallest absolute Gasteiger partial charge is 0.309 e. The molecular formula is C20H27FN2O5S. The first-order valence-electron chi connectivity index (χ1n) is 9.97. The van der Waals surface area contributed by atoms with E-state index in [0.29, 0.717) is 31.8 Å². The third-order valence-electron chi connectivity index (χ3n) is 5.59. The standard InChI is InChI=1S/C20H27FN2O5S/c1-15-3-2-10-22(13-15)19(24)14-28-20(25)16-8-11-23(12-9-16)29(26,27)18-6-4-17(21)5-7-18/h4-7,15-16H,2-3,8-14H2,1H3. The van der Waals surface area contributed by atoms with Gasteiger partial charge in [0.25, 0.3) is 5.91 Å². The van der Waals surface area contributed by atoms with E-state index < -0.39 is 27.7 Å². The average Bonchev–Trinajstić information content (AvgIpc) is 2.72. The van der Waals surface area contributed by atoms with Gasteiger partial charge in [-0.15, -0.1) is 0 Å². The van der Waals surface area contributed by atoms with Crippen LogP contribution in [-0.2, 0) is 24.3 Å². The maximum Gasteiger partial charge on any atom is 0.309 e. The number of carbonyl (C=O) groups is 2. The van der Waals surface area contributed by atoms with Crippen molar-refractivity contribution >= 4 is 21.9 Å². The van der Waals surface area contributed by atoms with Crippen molar-refractivity contribution in [3.63, 3.8) is 0 Å². The molecular weight excluding hydrogens is 399 g/mol. The third kappa shape index (κ3) is 5.33. The Morgan fingerprint density at radius 3 is 2.38 bits per heavy atom. The molecule has 0 saturated carbocycles. The summed E-state index contributed by atoms with van der Waals surface area (Å²) >= 11 is 0. The summed E-state index contributed by atoms with van der Waals surface area (Å²) in [6.45, 7) is 3.57. The van der Waals surface area contributed by atoms with Gasteiger partial charge >= 0.3 is 5.97 Å². The van der Waals surface area contributed by atoms with Gasteiger partial charge in [-0.3, -0.25) is 9.59 Å². The van der Waals surface area contributed by atoms with Gasteiger partial charge in [0.15, 0.2) is 6.61 Å². The number of piperidine rings is 2. The van der Waals surface area contributed by atoms with Gasteiger partial charge in [0.1, 0.15) is 5.82 Å². The van der Waals surface area contributed by atoms with Crippen molar-refractivity contribution in [3.05, 3.63) is 30.1 Å². The van der Waals surface area contributed by atoms with E-state index in [2.05, 4.69) is 6.92 Å². The summed E-state index contributed by atoms with van der Waals surface area (Å²) in [4.78, 5) is 26.3. The highest BCUT2D eigenvalue weighted by molar-refractivity contribution is 7.89. The van der Waals surface area contributed by atoms with Crippen LogP contribution in [-0.4, -0.2) is 62.3 Å². The zero-order valence-electron chi connectivity index (χ0n) is 16.5. The number of sulfonamides is 1. The molecule has 2 fully saturated rings.